The molecule has 0 amide bonds. The monoisotopic (exact) mass is 396 g/mol. The number of benzene rings is 1. The summed E-state index contributed by atoms with van der Waals surface area (Å²) in [7, 11) is 0. The molecule has 0 aliphatic heterocycles. The predicted octanol–water partition coefficient (Wildman–Crippen LogP) is 2.79. The SMILES string of the molecule is Cc1ccc(-c2nnc(CCC(=O)OCc3cc(=O)n4ccsc4n3)o2)cc1. The summed E-state index contributed by atoms with van der Waals surface area (Å²) in [6.45, 7) is 1.94. The maximum atomic E-state index is 12.0. The van der Waals surface area contributed by atoms with E-state index < -0.39 is 5.97 Å². The molecule has 142 valence electrons. The zero-order valence-corrected chi connectivity index (χ0v) is 15.8. The van der Waals surface area contributed by atoms with Crippen LogP contribution in [0.1, 0.15) is 23.6 Å². The summed E-state index contributed by atoms with van der Waals surface area (Å²) in [5, 5.41) is 9.74. The van der Waals surface area contributed by atoms with Crippen LogP contribution in [0, 0.1) is 6.92 Å². The number of hydrogen-bond donors (Lipinski definition) is 0. The lowest BCUT2D eigenvalue weighted by molar-refractivity contribution is -0.145. The van der Waals surface area contributed by atoms with Gasteiger partial charge in [0, 0.05) is 29.6 Å². The van der Waals surface area contributed by atoms with Crippen LogP contribution in [0.5, 0.6) is 0 Å². The fraction of sp³-hybridized carbons (Fsp3) is 0.211. The molecule has 8 nitrogen and oxygen atoms in total. The van der Waals surface area contributed by atoms with E-state index in [4.69, 9.17) is 9.15 Å². The molecule has 0 saturated heterocycles. The molecule has 0 aliphatic carbocycles. The third-order valence-corrected chi connectivity index (χ3v) is 4.80. The van der Waals surface area contributed by atoms with E-state index in [9.17, 15) is 9.59 Å². The standard InChI is InChI=1S/C19H16N4O4S/c1-12-2-4-13(5-3-12)18-22-21-15(27-18)6-7-17(25)26-11-14-10-16(24)23-8-9-28-19(23)20-14/h2-5,8-10H,6-7,11H2,1H3. The van der Waals surface area contributed by atoms with E-state index in [1.807, 2.05) is 31.2 Å². The first-order valence-electron chi connectivity index (χ1n) is 8.59. The van der Waals surface area contributed by atoms with Crippen LogP contribution in [0.4, 0.5) is 0 Å². The molecule has 1 aromatic carbocycles. The quantitative estimate of drug-likeness (QED) is 0.462. The maximum absolute atomic E-state index is 12.0. The van der Waals surface area contributed by atoms with Gasteiger partial charge in [-0.2, -0.15) is 0 Å². The molecule has 0 atom stereocenters. The number of aryl methyl sites for hydroxylation is 2. The number of carbonyl (C=O) groups is 1. The van der Waals surface area contributed by atoms with Crippen LogP contribution in [-0.2, 0) is 22.6 Å². The van der Waals surface area contributed by atoms with Crippen LogP contribution in [0.2, 0.25) is 0 Å². The zero-order chi connectivity index (χ0) is 19.5. The Hall–Kier alpha value is -3.33. The Bertz CT molecular complexity index is 1180. The van der Waals surface area contributed by atoms with Crippen molar-refractivity contribution in [2.24, 2.45) is 0 Å². The minimum atomic E-state index is -0.428. The lowest BCUT2D eigenvalue weighted by Gasteiger charge is -2.03. The topological polar surface area (TPSA) is 99.6 Å². The summed E-state index contributed by atoms with van der Waals surface area (Å²) in [5.74, 6) is 0.351. The molecule has 0 N–H and O–H groups in total. The minimum Gasteiger partial charge on any atom is -0.459 e. The third kappa shape index (κ3) is 3.99. The number of hydrogen-bond acceptors (Lipinski definition) is 8. The lowest BCUT2D eigenvalue weighted by atomic mass is 10.1. The molecule has 0 bridgehead atoms. The Labute approximate surface area is 163 Å². The lowest BCUT2D eigenvalue weighted by Crippen LogP contribution is -2.14. The van der Waals surface area contributed by atoms with Crippen LogP contribution in [-0.4, -0.2) is 25.6 Å². The first-order valence-corrected chi connectivity index (χ1v) is 9.47. The molecule has 0 aliphatic rings. The number of fused-ring (bicyclic) bond motifs is 1. The van der Waals surface area contributed by atoms with Crippen molar-refractivity contribution < 1.29 is 13.9 Å². The number of nitrogens with zero attached hydrogens (tertiary/aromatic N) is 4. The number of carbonyl (C=O) groups excluding carboxylic acids is 1. The second kappa shape index (κ2) is 7.73. The molecule has 0 spiro atoms. The van der Waals surface area contributed by atoms with Crippen molar-refractivity contribution in [2.75, 3.05) is 0 Å². The van der Waals surface area contributed by atoms with Gasteiger partial charge in [-0.3, -0.25) is 14.0 Å². The highest BCUT2D eigenvalue weighted by Crippen LogP contribution is 2.18. The van der Waals surface area contributed by atoms with Gasteiger partial charge in [0.05, 0.1) is 12.1 Å². The van der Waals surface area contributed by atoms with Gasteiger partial charge in [0.2, 0.25) is 11.8 Å². The highest BCUT2D eigenvalue weighted by molar-refractivity contribution is 7.15. The van der Waals surface area contributed by atoms with Gasteiger partial charge in [-0.1, -0.05) is 17.7 Å². The molecule has 0 fully saturated rings. The summed E-state index contributed by atoms with van der Waals surface area (Å²) in [4.78, 5) is 28.8. The zero-order valence-electron chi connectivity index (χ0n) is 15.0. The summed E-state index contributed by atoms with van der Waals surface area (Å²) in [6, 6.07) is 9.09. The summed E-state index contributed by atoms with van der Waals surface area (Å²) < 4.78 is 12.2. The number of ether oxygens (including phenoxy) is 1. The molecular weight excluding hydrogens is 380 g/mol. The maximum Gasteiger partial charge on any atom is 0.306 e. The molecule has 3 aromatic heterocycles. The number of esters is 1. The van der Waals surface area contributed by atoms with E-state index in [-0.39, 0.29) is 25.0 Å². The molecule has 0 saturated carbocycles. The largest absolute Gasteiger partial charge is 0.459 e. The van der Waals surface area contributed by atoms with Gasteiger partial charge in [-0.05, 0) is 19.1 Å². The van der Waals surface area contributed by atoms with Crippen molar-refractivity contribution in [2.45, 2.75) is 26.4 Å². The second-order valence-electron chi connectivity index (χ2n) is 6.17. The molecule has 0 unspecified atom stereocenters. The van der Waals surface area contributed by atoms with Crippen LogP contribution < -0.4 is 5.56 Å². The van der Waals surface area contributed by atoms with E-state index in [0.717, 1.165) is 11.1 Å². The van der Waals surface area contributed by atoms with Crippen molar-refractivity contribution in [1.29, 1.82) is 0 Å². The molecule has 9 heteroatoms. The fourth-order valence-electron chi connectivity index (χ4n) is 2.56. The van der Waals surface area contributed by atoms with Gasteiger partial charge in [-0.25, -0.2) is 4.98 Å². The fourth-order valence-corrected chi connectivity index (χ4v) is 3.30. The molecule has 0 radical (unpaired) electrons. The summed E-state index contributed by atoms with van der Waals surface area (Å²) in [5.41, 5.74) is 2.18. The van der Waals surface area contributed by atoms with Gasteiger partial charge < -0.3 is 9.15 Å². The van der Waals surface area contributed by atoms with Crippen molar-refractivity contribution >= 4 is 22.3 Å². The van der Waals surface area contributed by atoms with Crippen LogP contribution in [0.3, 0.4) is 0 Å². The Morgan fingerprint density at radius 2 is 2.07 bits per heavy atom. The highest BCUT2D eigenvalue weighted by Gasteiger charge is 2.12. The Kier molecular flexibility index (Phi) is 4.98. The summed E-state index contributed by atoms with van der Waals surface area (Å²) in [6.07, 6.45) is 2.02. The third-order valence-electron chi connectivity index (χ3n) is 4.05. The Morgan fingerprint density at radius 3 is 2.89 bits per heavy atom. The van der Waals surface area contributed by atoms with Crippen molar-refractivity contribution in [3.05, 3.63) is 69.4 Å². The number of thiazole rings is 1. The van der Waals surface area contributed by atoms with E-state index in [1.54, 1.807) is 11.6 Å². The van der Waals surface area contributed by atoms with Gasteiger partial charge >= 0.3 is 5.97 Å². The molecule has 4 rings (SSSR count). The predicted molar refractivity (Wildman–Crippen MR) is 102 cm³/mol. The van der Waals surface area contributed by atoms with Gasteiger partial charge in [0.25, 0.3) is 5.56 Å². The average Bonchev–Trinajstić information content (AvgIpc) is 3.35. The van der Waals surface area contributed by atoms with E-state index >= 15 is 0 Å². The van der Waals surface area contributed by atoms with Crippen LogP contribution >= 0.6 is 11.3 Å². The first kappa shape index (κ1) is 18.1. The Balaban J connectivity index is 1.32. The van der Waals surface area contributed by atoms with E-state index in [2.05, 4.69) is 15.2 Å². The van der Waals surface area contributed by atoms with Crippen LogP contribution in [0.15, 0.2) is 51.1 Å². The van der Waals surface area contributed by atoms with E-state index in [0.29, 0.717) is 22.4 Å². The molecular formula is C19H16N4O4S. The molecule has 28 heavy (non-hydrogen) atoms. The minimum absolute atomic E-state index is 0.0546. The normalized spacial score (nSPS) is 11.0. The van der Waals surface area contributed by atoms with E-state index in [1.165, 1.54) is 21.8 Å². The highest BCUT2D eigenvalue weighted by atomic mass is 32.1. The second-order valence-corrected chi connectivity index (χ2v) is 7.04. The Morgan fingerprint density at radius 1 is 1.25 bits per heavy atom. The van der Waals surface area contributed by atoms with Gasteiger partial charge in [-0.15, -0.1) is 21.5 Å². The average molecular weight is 396 g/mol. The van der Waals surface area contributed by atoms with Crippen molar-refractivity contribution in [1.82, 2.24) is 19.6 Å². The molecule has 4 aromatic rings. The summed E-state index contributed by atoms with van der Waals surface area (Å²) >= 11 is 1.34. The smallest absolute Gasteiger partial charge is 0.306 e. The first-order chi connectivity index (χ1) is 13.6. The van der Waals surface area contributed by atoms with Gasteiger partial charge in [0.1, 0.15) is 6.61 Å². The van der Waals surface area contributed by atoms with Crippen molar-refractivity contribution in [3.63, 3.8) is 0 Å². The number of aromatic nitrogens is 4. The van der Waals surface area contributed by atoms with Crippen LogP contribution in [0.25, 0.3) is 16.4 Å². The number of rotatable bonds is 6. The molecule has 3 heterocycles. The van der Waals surface area contributed by atoms with Crippen molar-refractivity contribution in [3.8, 4) is 11.5 Å². The van der Waals surface area contributed by atoms with Gasteiger partial charge in [0.15, 0.2) is 4.96 Å².